The van der Waals surface area contributed by atoms with E-state index in [9.17, 15) is 4.79 Å². The van der Waals surface area contributed by atoms with Gasteiger partial charge in [0.05, 0.1) is 12.7 Å². The van der Waals surface area contributed by atoms with E-state index in [1.54, 1.807) is 13.0 Å². The Hall–Kier alpha value is -1.36. The SMILES string of the molecule is CC(NCc1ccno1)C(=O)O. The molecule has 0 spiro atoms. The largest absolute Gasteiger partial charge is 0.480 e. The van der Waals surface area contributed by atoms with Gasteiger partial charge in [-0.25, -0.2) is 0 Å². The average molecular weight is 170 g/mol. The molecule has 1 atom stereocenters. The fourth-order valence-corrected chi connectivity index (χ4v) is 0.674. The Morgan fingerprint density at radius 1 is 1.92 bits per heavy atom. The van der Waals surface area contributed by atoms with Crippen LogP contribution < -0.4 is 5.32 Å². The van der Waals surface area contributed by atoms with Crippen LogP contribution in [0.4, 0.5) is 0 Å². The van der Waals surface area contributed by atoms with E-state index in [1.165, 1.54) is 6.20 Å². The number of nitrogens with one attached hydrogen (secondary N) is 1. The monoisotopic (exact) mass is 170 g/mol. The molecule has 1 aromatic rings. The van der Waals surface area contributed by atoms with Crippen LogP contribution in [-0.2, 0) is 11.3 Å². The van der Waals surface area contributed by atoms with Crippen molar-refractivity contribution in [2.24, 2.45) is 0 Å². The Labute approximate surface area is 69.4 Å². The molecule has 0 saturated carbocycles. The molecular weight excluding hydrogens is 160 g/mol. The summed E-state index contributed by atoms with van der Waals surface area (Å²) in [5.74, 6) is -0.252. The van der Waals surface area contributed by atoms with Gasteiger partial charge in [-0.05, 0) is 6.92 Å². The molecule has 0 aromatic carbocycles. The highest BCUT2D eigenvalue weighted by Crippen LogP contribution is 1.95. The van der Waals surface area contributed by atoms with Crippen LogP contribution in [0.3, 0.4) is 0 Å². The minimum Gasteiger partial charge on any atom is -0.480 e. The molecule has 1 rings (SSSR count). The van der Waals surface area contributed by atoms with Gasteiger partial charge < -0.3 is 9.63 Å². The van der Waals surface area contributed by atoms with Crippen LogP contribution in [0.25, 0.3) is 0 Å². The summed E-state index contributed by atoms with van der Waals surface area (Å²) in [4.78, 5) is 10.4. The van der Waals surface area contributed by atoms with Gasteiger partial charge in [0, 0.05) is 6.07 Å². The smallest absolute Gasteiger partial charge is 0.320 e. The number of nitrogens with zero attached hydrogens (tertiary/aromatic N) is 1. The number of hydrogen-bond donors (Lipinski definition) is 2. The maximum absolute atomic E-state index is 10.4. The Balaban J connectivity index is 2.31. The van der Waals surface area contributed by atoms with E-state index in [2.05, 4.69) is 10.5 Å². The van der Waals surface area contributed by atoms with Crippen molar-refractivity contribution in [3.63, 3.8) is 0 Å². The Morgan fingerprint density at radius 3 is 3.17 bits per heavy atom. The lowest BCUT2D eigenvalue weighted by atomic mass is 10.3. The molecule has 5 heteroatoms. The Kier molecular flexibility index (Phi) is 2.82. The third-order valence-corrected chi connectivity index (χ3v) is 1.44. The van der Waals surface area contributed by atoms with Crippen LogP contribution in [0.1, 0.15) is 12.7 Å². The van der Waals surface area contributed by atoms with Gasteiger partial charge in [-0.1, -0.05) is 5.16 Å². The molecule has 5 nitrogen and oxygen atoms in total. The zero-order valence-corrected chi connectivity index (χ0v) is 6.65. The zero-order valence-electron chi connectivity index (χ0n) is 6.65. The summed E-state index contributed by atoms with van der Waals surface area (Å²) in [6.07, 6.45) is 1.52. The first-order valence-corrected chi connectivity index (χ1v) is 3.56. The number of carboxylic acids is 1. The van der Waals surface area contributed by atoms with E-state index in [-0.39, 0.29) is 0 Å². The fourth-order valence-electron chi connectivity index (χ4n) is 0.674. The van der Waals surface area contributed by atoms with Crippen LogP contribution >= 0.6 is 0 Å². The second-order valence-electron chi connectivity index (χ2n) is 2.42. The molecule has 0 aliphatic carbocycles. The van der Waals surface area contributed by atoms with Gasteiger partial charge in [0.2, 0.25) is 0 Å². The van der Waals surface area contributed by atoms with Crippen molar-refractivity contribution in [1.29, 1.82) is 0 Å². The summed E-state index contributed by atoms with van der Waals surface area (Å²) in [6, 6.07) is 1.11. The summed E-state index contributed by atoms with van der Waals surface area (Å²) in [5, 5.41) is 14.7. The van der Waals surface area contributed by atoms with Crippen molar-refractivity contribution < 1.29 is 14.4 Å². The van der Waals surface area contributed by atoms with Gasteiger partial charge in [-0.2, -0.15) is 0 Å². The highest BCUT2D eigenvalue weighted by atomic mass is 16.5. The second-order valence-corrected chi connectivity index (χ2v) is 2.42. The Morgan fingerprint density at radius 2 is 2.67 bits per heavy atom. The molecule has 0 amide bonds. The lowest BCUT2D eigenvalue weighted by molar-refractivity contribution is -0.139. The second kappa shape index (κ2) is 3.87. The van der Waals surface area contributed by atoms with Gasteiger partial charge >= 0.3 is 5.97 Å². The highest BCUT2D eigenvalue weighted by molar-refractivity contribution is 5.72. The number of aromatic nitrogens is 1. The van der Waals surface area contributed by atoms with Crippen LogP contribution in [0, 0.1) is 0 Å². The fraction of sp³-hybridized carbons (Fsp3) is 0.429. The molecular formula is C7H10N2O3. The summed E-state index contributed by atoms with van der Waals surface area (Å²) in [5.41, 5.74) is 0. The first kappa shape index (κ1) is 8.73. The number of carboxylic acid groups (broad SMARTS) is 1. The maximum Gasteiger partial charge on any atom is 0.320 e. The number of carbonyl (C=O) groups is 1. The number of hydrogen-bond acceptors (Lipinski definition) is 4. The molecule has 0 radical (unpaired) electrons. The van der Waals surface area contributed by atoms with Crippen LogP contribution in [0.15, 0.2) is 16.8 Å². The molecule has 0 bridgehead atoms. The maximum atomic E-state index is 10.4. The molecule has 1 aromatic heterocycles. The van der Waals surface area contributed by atoms with E-state index in [0.717, 1.165) is 0 Å². The minimum atomic E-state index is -0.880. The predicted molar refractivity (Wildman–Crippen MR) is 40.4 cm³/mol. The molecule has 0 fully saturated rings. The van der Waals surface area contributed by atoms with Crippen LogP contribution in [0.5, 0.6) is 0 Å². The predicted octanol–water partition coefficient (Wildman–Crippen LogP) is 0.237. The topological polar surface area (TPSA) is 75.4 Å². The van der Waals surface area contributed by atoms with E-state index in [4.69, 9.17) is 9.63 Å². The van der Waals surface area contributed by atoms with E-state index in [1.807, 2.05) is 0 Å². The van der Waals surface area contributed by atoms with Crippen molar-refractivity contribution in [2.45, 2.75) is 19.5 Å². The van der Waals surface area contributed by atoms with Gasteiger partial charge in [-0.3, -0.25) is 10.1 Å². The first-order chi connectivity index (χ1) is 5.70. The summed E-state index contributed by atoms with van der Waals surface area (Å²) in [7, 11) is 0. The van der Waals surface area contributed by atoms with Crippen molar-refractivity contribution in [1.82, 2.24) is 10.5 Å². The van der Waals surface area contributed by atoms with Gasteiger partial charge in [0.15, 0.2) is 0 Å². The average Bonchev–Trinajstić information content (AvgIpc) is 2.51. The highest BCUT2D eigenvalue weighted by Gasteiger charge is 2.09. The molecule has 0 aliphatic rings. The lowest BCUT2D eigenvalue weighted by Crippen LogP contribution is -2.32. The van der Waals surface area contributed by atoms with Crippen LogP contribution in [-0.4, -0.2) is 22.3 Å². The third-order valence-electron chi connectivity index (χ3n) is 1.44. The van der Waals surface area contributed by atoms with E-state index in [0.29, 0.717) is 12.3 Å². The standard InChI is InChI=1S/C7H10N2O3/c1-5(7(10)11)8-4-6-2-3-9-12-6/h2-3,5,8H,4H2,1H3,(H,10,11). The molecule has 1 heterocycles. The number of rotatable bonds is 4. The quantitative estimate of drug-likeness (QED) is 0.676. The molecule has 0 aliphatic heterocycles. The summed E-state index contributed by atoms with van der Waals surface area (Å²) < 4.78 is 4.76. The normalized spacial score (nSPS) is 12.8. The third kappa shape index (κ3) is 2.35. The first-order valence-electron chi connectivity index (χ1n) is 3.56. The Bertz CT molecular complexity index is 245. The molecule has 66 valence electrons. The molecule has 0 saturated heterocycles. The summed E-state index contributed by atoms with van der Waals surface area (Å²) in [6.45, 7) is 1.95. The van der Waals surface area contributed by atoms with E-state index >= 15 is 0 Å². The zero-order chi connectivity index (χ0) is 8.97. The summed E-state index contributed by atoms with van der Waals surface area (Å²) >= 11 is 0. The van der Waals surface area contributed by atoms with Crippen molar-refractivity contribution in [3.8, 4) is 0 Å². The van der Waals surface area contributed by atoms with Gasteiger partial charge in [0.1, 0.15) is 11.8 Å². The molecule has 1 unspecified atom stereocenters. The van der Waals surface area contributed by atoms with E-state index < -0.39 is 12.0 Å². The van der Waals surface area contributed by atoms with Crippen molar-refractivity contribution in [3.05, 3.63) is 18.0 Å². The van der Waals surface area contributed by atoms with Gasteiger partial charge in [-0.15, -0.1) is 0 Å². The van der Waals surface area contributed by atoms with Crippen molar-refractivity contribution >= 4 is 5.97 Å². The van der Waals surface area contributed by atoms with Crippen molar-refractivity contribution in [2.75, 3.05) is 0 Å². The molecule has 2 N–H and O–H groups in total. The van der Waals surface area contributed by atoms with Crippen LogP contribution in [0.2, 0.25) is 0 Å². The van der Waals surface area contributed by atoms with Gasteiger partial charge in [0.25, 0.3) is 0 Å². The minimum absolute atomic E-state index is 0.382. The number of aliphatic carboxylic acids is 1. The lowest BCUT2D eigenvalue weighted by Gasteiger charge is -2.05. The molecule has 12 heavy (non-hydrogen) atoms.